The number of rotatable bonds is 13. The average molecular weight is 460 g/mol. The van der Waals surface area contributed by atoms with Gasteiger partial charge in [-0.25, -0.2) is 9.97 Å². The van der Waals surface area contributed by atoms with Gasteiger partial charge in [0.05, 0.1) is 30.8 Å². The van der Waals surface area contributed by atoms with Crippen molar-refractivity contribution < 1.29 is 23.7 Å². The van der Waals surface area contributed by atoms with Crippen LogP contribution in [-0.2, 0) is 20.9 Å². The summed E-state index contributed by atoms with van der Waals surface area (Å²) in [5.41, 5.74) is -0.287. The number of hydrogen-bond acceptors (Lipinski definition) is 10. The number of carbonyl (C=O) groups is 2. The number of esters is 1. The molecule has 0 aliphatic carbocycles. The van der Waals surface area contributed by atoms with Crippen molar-refractivity contribution in [3.8, 4) is 0 Å². The van der Waals surface area contributed by atoms with Crippen molar-refractivity contribution in [2.75, 3.05) is 43.0 Å². The minimum absolute atomic E-state index is 0.0301. The fraction of sp³-hybridized carbons (Fsp3) is 0.524. The van der Waals surface area contributed by atoms with E-state index >= 15 is 0 Å². The Kier molecular flexibility index (Phi) is 8.56. The van der Waals surface area contributed by atoms with E-state index in [4.69, 9.17) is 9.15 Å². The molecule has 0 atom stereocenters. The molecular formula is C21H28N6O6. The zero-order valence-corrected chi connectivity index (χ0v) is 18.6. The number of likely N-dealkylation sites (tertiary alicyclic amines) is 1. The topological polar surface area (TPSA) is 144 Å². The minimum atomic E-state index is -0.541. The second kappa shape index (κ2) is 11.8. The summed E-state index contributed by atoms with van der Waals surface area (Å²) in [6, 6.07) is 3.45. The highest BCUT2D eigenvalue weighted by Crippen LogP contribution is 2.33. The fourth-order valence-electron chi connectivity index (χ4n) is 3.63. The third-order valence-electron chi connectivity index (χ3n) is 5.17. The van der Waals surface area contributed by atoms with Gasteiger partial charge in [-0.2, -0.15) is 0 Å². The number of aromatic nitrogens is 2. The number of nitrogens with one attached hydrogen (secondary N) is 1. The highest BCUT2D eigenvalue weighted by atomic mass is 16.6. The summed E-state index contributed by atoms with van der Waals surface area (Å²) in [6.07, 6.45) is 4.85. The molecule has 0 saturated carbocycles. The lowest BCUT2D eigenvalue weighted by Gasteiger charge is -2.22. The molecule has 1 aliphatic heterocycles. The van der Waals surface area contributed by atoms with Gasteiger partial charge in [0.15, 0.2) is 0 Å². The summed E-state index contributed by atoms with van der Waals surface area (Å²) >= 11 is 0. The zero-order chi connectivity index (χ0) is 23.6. The summed E-state index contributed by atoms with van der Waals surface area (Å²) < 4.78 is 10.4. The van der Waals surface area contributed by atoms with E-state index in [0.717, 1.165) is 13.0 Å². The van der Waals surface area contributed by atoms with Crippen LogP contribution >= 0.6 is 0 Å². The molecule has 1 amide bonds. The maximum Gasteiger partial charge on any atom is 0.353 e. The van der Waals surface area contributed by atoms with Crippen molar-refractivity contribution in [2.45, 2.75) is 39.2 Å². The number of hydrogen-bond donors (Lipinski definition) is 1. The summed E-state index contributed by atoms with van der Waals surface area (Å²) in [5.74, 6) is 0.455. The van der Waals surface area contributed by atoms with Gasteiger partial charge in [0.1, 0.15) is 12.1 Å². The number of nitro groups is 1. The Balaban J connectivity index is 1.75. The molecule has 3 rings (SSSR count). The van der Waals surface area contributed by atoms with Gasteiger partial charge in [0.25, 0.3) is 0 Å². The second-order valence-electron chi connectivity index (χ2n) is 7.47. The van der Waals surface area contributed by atoms with Gasteiger partial charge in [-0.05, 0) is 31.9 Å². The minimum Gasteiger partial charge on any atom is -0.467 e. The highest BCUT2D eigenvalue weighted by Gasteiger charge is 2.28. The number of anilines is 2. The molecule has 178 valence electrons. The monoisotopic (exact) mass is 460 g/mol. The number of carbonyl (C=O) groups excluding carboxylic acids is 2. The lowest BCUT2D eigenvalue weighted by atomic mass is 10.3. The van der Waals surface area contributed by atoms with Crippen LogP contribution in [0.25, 0.3) is 0 Å². The molecule has 0 unspecified atom stereocenters. The van der Waals surface area contributed by atoms with Crippen molar-refractivity contribution in [1.29, 1.82) is 0 Å². The normalized spacial score (nSPS) is 13.2. The first-order valence-corrected chi connectivity index (χ1v) is 10.9. The Morgan fingerprint density at radius 1 is 1.42 bits per heavy atom. The van der Waals surface area contributed by atoms with E-state index in [9.17, 15) is 19.7 Å². The standard InChI is InChI=1S/C21H28N6O6/c1-2-32-18(29)8-12-26(14-16-6-4-13-33-16)21-19(27(30)31)20(23-15-24-21)22-9-5-11-25-10-3-7-17(25)28/h4,6,13,15H,2-3,5,7-12,14H2,1H3,(H,22,23,24). The average Bonchev–Trinajstić information content (AvgIpc) is 3.45. The Hall–Kier alpha value is -3.70. The number of furan rings is 1. The first-order chi connectivity index (χ1) is 16.0. The quantitative estimate of drug-likeness (QED) is 0.205. The molecule has 12 nitrogen and oxygen atoms in total. The Morgan fingerprint density at radius 2 is 2.27 bits per heavy atom. The molecule has 2 aromatic rings. The second-order valence-corrected chi connectivity index (χ2v) is 7.47. The first kappa shape index (κ1) is 24.0. The fourth-order valence-corrected chi connectivity index (χ4v) is 3.63. The molecule has 0 spiro atoms. The van der Waals surface area contributed by atoms with Crippen molar-refractivity contribution in [3.05, 3.63) is 40.6 Å². The zero-order valence-electron chi connectivity index (χ0n) is 18.6. The van der Waals surface area contributed by atoms with Crippen LogP contribution in [0.2, 0.25) is 0 Å². The van der Waals surface area contributed by atoms with Gasteiger partial charge in [0, 0.05) is 32.6 Å². The molecule has 1 fully saturated rings. The molecular weight excluding hydrogens is 432 g/mol. The van der Waals surface area contributed by atoms with Gasteiger partial charge >= 0.3 is 11.7 Å². The maximum absolute atomic E-state index is 12.0. The SMILES string of the molecule is CCOC(=O)CCN(Cc1ccco1)c1ncnc(NCCCN2CCCC2=O)c1[N+](=O)[O-]. The van der Waals surface area contributed by atoms with E-state index in [0.29, 0.717) is 31.7 Å². The van der Waals surface area contributed by atoms with Crippen LogP contribution in [0, 0.1) is 10.1 Å². The molecule has 1 saturated heterocycles. The molecule has 33 heavy (non-hydrogen) atoms. The predicted molar refractivity (Wildman–Crippen MR) is 119 cm³/mol. The molecule has 12 heteroatoms. The third-order valence-corrected chi connectivity index (χ3v) is 5.17. The molecule has 3 heterocycles. The Bertz CT molecular complexity index is 951. The summed E-state index contributed by atoms with van der Waals surface area (Å²) in [7, 11) is 0. The Labute approximate surface area is 191 Å². The molecule has 1 N–H and O–H groups in total. The number of amides is 1. The van der Waals surface area contributed by atoms with Gasteiger partial charge in [0.2, 0.25) is 17.5 Å². The van der Waals surface area contributed by atoms with Crippen molar-refractivity contribution >= 4 is 29.2 Å². The lowest BCUT2D eigenvalue weighted by molar-refractivity contribution is -0.383. The molecule has 1 aliphatic rings. The summed E-state index contributed by atoms with van der Waals surface area (Å²) in [4.78, 5) is 46.7. The smallest absolute Gasteiger partial charge is 0.353 e. The Morgan fingerprint density at radius 3 is 2.94 bits per heavy atom. The van der Waals surface area contributed by atoms with Gasteiger partial charge in [-0.3, -0.25) is 19.7 Å². The van der Waals surface area contributed by atoms with Crippen LogP contribution in [0.15, 0.2) is 29.1 Å². The van der Waals surface area contributed by atoms with Crippen LogP contribution in [0.1, 0.15) is 38.4 Å². The van der Waals surface area contributed by atoms with Crippen molar-refractivity contribution in [2.24, 2.45) is 0 Å². The van der Waals surface area contributed by atoms with E-state index in [1.807, 2.05) is 0 Å². The van der Waals surface area contributed by atoms with Crippen LogP contribution in [0.5, 0.6) is 0 Å². The first-order valence-electron chi connectivity index (χ1n) is 10.9. The van der Waals surface area contributed by atoms with Crippen LogP contribution in [-0.4, -0.2) is 64.5 Å². The van der Waals surface area contributed by atoms with Crippen LogP contribution in [0.4, 0.5) is 17.3 Å². The lowest BCUT2D eigenvalue weighted by Crippen LogP contribution is -2.28. The van der Waals surface area contributed by atoms with Gasteiger partial charge in [-0.15, -0.1) is 0 Å². The van der Waals surface area contributed by atoms with Gasteiger partial charge < -0.3 is 24.3 Å². The maximum atomic E-state index is 12.0. The summed E-state index contributed by atoms with van der Waals surface area (Å²) in [5, 5.41) is 15.0. The molecule has 0 bridgehead atoms. The number of ether oxygens (including phenoxy) is 1. The van der Waals surface area contributed by atoms with Crippen LogP contribution < -0.4 is 10.2 Å². The molecule has 0 aromatic carbocycles. The number of nitrogens with zero attached hydrogens (tertiary/aromatic N) is 5. The van der Waals surface area contributed by atoms with E-state index in [2.05, 4.69) is 15.3 Å². The van der Waals surface area contributed by atoms with E-state index in [1.54, 1.807) is 28.9 Å². The predicted octanol–water partition coefficient (Wildman–Crippen LogP) is 2.36. The van der Waals surface area contributed by atoms with Crippen LogP contribution in [0.3, 0.4) is 0 Å². The highest BCUT2D eigenvalue weighted by molar-refractivity contribution is 5.78. The van der Waals surface area contributed by atoms with Gasteiger partial charge in [-0.1, -0.05) is 0 Å². The van der Waals surface area contributed by atoms with E-state index < -0.39 is 10.9 Å². The molecule has 2 aromatic heterocycles. The largest absolute Gasteiger partial charge is 0.467 e. The molecule has 0 radical (unpaired) electrons. The van der Waals surface area contributed by atoms with Crippen molar-refractivity contribution in [1.82, 2.24) is 14.9 Å². The van der Waals surface area contributed by atoms with E-state index in [-0.39, 0.29) is 49.3 Å². The van der Waals surface area contributed by atoms with Crippen molar-refractivity contribution in [3.63, 3.8) is 0 Å². The van der Waals surface area contributed by atoms with E-state index in [1.165, 1.54) is 12.6 Å². The summed E-state index contributed by atoms with van der Waals surface area (Å²) in [6.45, 7) is 4.03. The third kappa shape index (κ3) is 6.64.